The highest BCUT2D eigenvalue weighted by Crippen LogP contribution is 2.17. The van der Waals surface area contributed by atoms with Gasteiger partial charge < -0.3 is 11.5 Å². The molecule has 0 saturated carbocycles. The molecule has 1 atom stereocenters. The SMILES string of the molecule is CC(CC(N)=O)NS(=O)(=O)c1ccc(N)cc1F. The van der Waals surface area contributed by atoms with E-state index in [0.717, 1.165) is 12.1 Å². The van der Waals surface area contributed by atoms with E-state index in [1.807, 2.05) is 0 Å². The van der Waals surface area contributed by atoms with Crippen molar-refractivity contribution in [3.63, 3.8) is 0 Å². The number of nitrogen functional groups attached to an aromatic ring is 1. The first-order chi connectivity index (χ1) is 8.22. The van der Waals surface area contributed by atoms with Crippen LogP contribution >= 0.6 is 0 Å². The van der Waals surface area contributed by atoms with E-state index in [9.17, 15) is 17.6 Å². The fourth-order valence-electron chi connectivity index (χ4n) is 1.41. The van der Waals surface area contributed by atoms with E-state index in [-0.39, 0.29) is 12.1 Å². The van der Waals surface area contributed by atoms with Gasteiger partial charge in [0.1, 0.15) is 10.7 Å². The van der Waals surface area contributed by atoms with Gasteiger partial charge in [0.25, 0.3) is 0 Å². The molecule has 6 nitrogen and oxygen atoms in total. The molecule has 1 amide bonds. The number of rotatable bonds is 5. The lowest BCUT2D eigenvalue weighted by Gasteiger charge is -2.13. The van der Waals surface area contributed by atoms with Crippen molar-refractivity contribution in [3.8, 4) is 0 Å². The van der Waals surface area contributed by atoms with E-state index in [0.29, 0.717) is 0 Å². The van der Waals surface area contributed by atoms with E-state index < -0.39 is 32.7 Å². The van der Waals surface area contributed by atoms with E-state index >= 15 is 0 Å². The molecule has 8 heteroatoms. The Morgan fingerprint density at radius 1 is 1.50 bits per heavy atom. The quantitative estimate of drug-likeness (QED) is 0.653. The van der Waals surface area contributed by atoms with E-state index in [1.54, 1.807) is 0 Å². The number of carbonyl (C=O) groups is 1. The predicted molar refractivity (Wildman–Crippen MR) is 64.4 cm³/mol. The average molecular weight is 275 g/mol. The Bertz CT molecular complexity index is 559. The number of nitrogens with two attached hydrogens (primary N) is 2. The van der Waals surface area contributed by atoms with Crippen LogP contribution in [0.2, 0.25) is 0 Å². The van der Waals surface area contributed by atoms with Gasteiger partial charge in [0.05, 0.1) is 0 Å². The smallest absolute Gasteiger partial charge is 0.243 e. The number of halogens is 1. The van der Waals surface area contributed by atoms with Gasteiger partial charge in [-0.2, -0.15) is 0 Å². The lowest BCUT2D eigenvalue weighted by Crippen LogP contribution is -2.36. The van der Waals surface area contributed by atoms with Gasteiger partial charge >= 0.3 is 0 Å². The zero-order chi connectivity index (χ0) is 13.9. The molecule has 0 aliphatic carbocycles. The Hall–Kier alpha value is -1.67. The summed E-state index contributed by atoms with van der Waals surface area (Å²) in [7, 11) is -4.04. The molecule has 1 unspecified atom stereocenters. The topological polar surface area (TPSA) is 115 Å². The van der Waals surface area contributed by atoms with Crippen LogP contribution in [-0.2, 0) is 14.8 Å². The second kappa shape index (κ2) is 5.32. The minimum absolute atomic E-state index is 0.122. The summed E-state index contributed by atoms with van der Waals surface area (Å²) in [5.41, 5.74) is 10.4. The molecule has 1 rings (SSSR count). The third kappa shape index (κ3) is 3.67. The number of nitrogens with one attached hydrogen (secondary N) is 1. The van der Waals surface area contributed by atoms with Gasteiger partial charge in [-0.15, -0.1) is 0 Å². The summed E-state index contributed by atoms with van der Waals surface area (Å²) in [6, 6.07) is 2.53. The van der Waals surface area contributed by atoms with Crippen LogP contribution in [0.25, 0.3) is 0 Å². The van der Waals surface area contributed by atoms with Crippen molar-refractivity contribution in [2.24, 2.45) is 5.73 Å². The van der Waals surface area contributed by atoms with Crippen molar-refractivity contribution >= 4 is 21.6 Å². The minimum atomic E-state index is -4.04. The van der Waals surface area contributed by atoms with Crippen molar-refractivity contribution in [2.45, 2.75) is 24.3 Å². The maximum Gasteiger partial charge on any atom is 0.243 e. The summed E-state index contributed by atoms with van der Waals surface area (Å²) >= 11 is 0. The number of carbonyl (C=O) groups excluding carboxylic acids is 1. The molecule has 100 valence electrons. The molecule has 0 aliphatic rings. The number of benzene rings is 1. The largest absolute Gasteiger partial charge is 0.399 e. The van der Waals surface area contributed by atoms with Crippen molar-refractivity contribution in [3.05, 3.63) is 24.0 Å². The third-order valence-electron chi connectivity index (χ3n) is 2.11. The normalized spacial score (nSPS) is 13.2. The van der Waals surface area contributed by atoms with Crippen LogP contribution in [0.4, 0.5) is 10.1 Å². The van der Waals surface area contributed by atoms with Crippen LogP contribution < -0.4 is 16.2 Å². The van der Waals surface area contributed by atoms with Crippen molar-refractivity contribution < 1.29 is 17.6 Å². The first kappa shape index (κ1) is 14.4. The second-order valence-corrected chi connectivity index (χ2v) is 5.57. The molecule has 1 aromatic rings. The van der Waals surface area contributed by atoms with Gasteiger partial charge in [0.15, 0.2) is 0 Å². The second-order valence-electron chi connectivity index (χ2n) is 3.88. The van der Waals surface area contributed by atoms with E-state index in [1.165, 1.54) is 13.0 Å². The van der Waals surface area contributed by atoms with Crippen LogP contribution in [0.5, 0.6) is 0 Å². The maximum absolute atomic E-state index is 13.5. The molecule has 0 spiro atoms. The molecule has 5 N–H and O–H groups in total. The minimum Gasteiger partial charge on any atom is -0.399 e. The number of anilines is 1. The number of amides is 1. The van der Waals surface area contributed by atoms with Crippen LogP contribution in [0, 0.1) is 5.82 Å². The molecular formula is C10H14FN3O3S. The molecule has 1 aromatic carbocycles. The molecule has 0 fully saturated rings. The lowest BCUT2D eigenvalue weighted by molar-refractivity contribution is -0.118. The zero-order valence-corrected chi connectivity index (χ0v) is 10.5. The third-order valence-corrected chi connectivity index (χ3v) is 3.73. The highest BCUT2D eigenvalue weighted by Gasteiger charge is 2.22. The van der Waals surface area contributed by atoms with Gasteiger partial charge in [-0.3, -0.25) is 4.79 Å². The molecule has 0 aliphatic heterocycles. The van der Waals surface area contributed by atoms with Crippen LogP contribution in [0.1, 0.15) is 13.3 Å². The van der Waals surface area contributed by atoms with Crippen molar-refractivity contribution in [1.82, 2.24) is 4.72 Å². The standard InChI is InChI=1S/C10H14FN3O3S/c1-6(4-10(13)15)14-18(16,17)9-3-2-7(12)5-8(9)11/h2-3,5-6,14H,4,12H2,1H3,(H2,13,15). The number of hydrogen-bond donors (Lipinski definition) is 3. The maximum atomic E-state index is 13.5. The van der Waals surface area contributed by atoms with Gasteiger partial charge in [0, 0.05) is 18.2 Å². The molecule has 0 bridgehead atoms. The summed E-state index contributed by atoms with van der Waals surface area (Å²) in [6.45, 7) is 1.46. The molecular weight excluding hydrogens is 261 g/mol. The number of sulfonamides is 1. The predicted octanol–water partition coefficient (Wildman–Crippen LogP) is -0.0499. The lowest BCUT2D eigenvalue weighted by atomic mass is 10.2. The molecule has 0 aromatic heterocycles. The molecule has 0 radical (unpaired) electrons. The molecule has 0 saturated heterocycles. The van der Waals surface area contributed by atoms with Crippen LogP contribution in [0.15, 0.2) is 23.1 Å². The Morgan fingerprint density at radius 3 is 2.61 bits per heavy atom. The Labute approximate surface area is 104 Å². The average Bonchev–Trinajstić information content (AvgIpc) is 2.13. The fourth-order valence-corrected chi connectivity index (χ4v) is 2.71. The molecule has 18 heavy (non-hydrogen) atoms. The van der Waals surface area contributed by atoms with Gasteiger partial charge in [-0.05, 0) is 25.1 Å². The van der Waals surface area contributed by atoms with Gasteiger partial charge in [0.2, 0.25) is 15.9 Å². The van der Waals surface area contributed by atoms with Crippen LogP contribution in [-0.4, -0.2) is 20.4 Å². The highest BCUT2D eigenvalue weighted by atomic mass is 32.2. The Morgan fingerprint density at radius 2 is 2.11 bits per heavy atom. The van der Waals surface area contributed by atoms with Gasteiger partial charge in [-0.25, -0.2) is 17.5 Å². The summed E-state index contributed by atoms with van der Waals surface area (Å²) in [5, 5.41) is 0. The summed E-state index contributed by atoms with van der Waals surface area (Å²) in [5.74, 6) is -1.60. The summed E-state index contributed by atoms with van der Waals surface area (Å²) in [6.07, 6.45) is -0.171. The monoisotopic (exact) mass is 275 g/mol. The zero-order valence-electron chi connectivity index (χ0n) is 9.68. The molecule has 0 heterocycles. The van der Waals surface area contributed by atoms with Gasteiger partial charge in [-0.1, -0.05) is 0 Å². The van der Waals surface area contributed by atoms with Crippen LogP contribution in [0.3, 0.4) is 0 Å². The number of hydrogen-bond acceptors (Lipinski definition) is 4. The van der Waals surface area contributed by atoms with E-state index in [4.69, 9.17) is 11.5 Å². The highest BCUT2D eigenvalue weighted by molar-refractivity contribution is 7.89. The Balaban J connectivity index is 2.96. The summed E-state index contributed by atoms with van der Waals surface area (Å²) in [4.78, 5) is 10.1. The Kier molecular flexibility index (Phi) is 4.25. The first-order valence-electron chi connectivity index (χ1n) is 5.08. The summed E-state index contributed by atoms with van der Waals surface area (Å²) < 4.78 is 39.2. The first-order valence-corrected chi connectivity index (χ1v) is 6.56. The van der Waals surface area contributed by atoms with Crippen molar-refractivity contribution in [1.29, 1.82) is 0 Å². The van der Waals surface area contributed by atoms with E-state index in [2.05, 4.69) is 4.72 Å². The van der Waals surface area contributed by atoms with Crippen molar-refractivity contribution in [2.75, 3.05) is 5.73 Å². The number of primary amides is 1. The fraction of sp³-hybridized carbons (Fsp3) is 0.300.